The van der Waals surface area contributed by atoms with Crippen LogP contribution in [0.25, 0.3) is 10.9 Å². The number of pyridine rings is 1. The van der Waals surface area contributed by atoms with E-state index in [1.165, 1.54) is 25.7 Å². The van der Waals surface area contributed by atoms with Crippen LogP contribution in [0, 0.1) is 22.2 Å². The molecule has 7 rings (SSSR count). The lowest BCUT2D eigenvalue weighted by Gasteiger charge is -2.47. The zero-order valence-corrected chi connectivity index (χ0v) is 29.7. The normalized spacial score (nSPS) is 20.0. The van der Waals surface area contributed by atoms with E-state index in [4.69, 9.17) is 46.9 Å². The predicted molar refractivity (Wildman–Crippen MR) is 191 cm³/mol. The Balaban J connectivity index is 1.06. The van der Waals surface area contributed by atoms with Crippen LogP contribution in [-0.2, 0) is 9.47 Å². The molecule has 3 aromatic rings. The van der Waals surface area contributed by atoms with E-state index in [-0.39, 0.29) is 0 Å². The van der Waals surface area contributed by atoms with Gasteiger partial charge < -0.3 is 38.8 Å². The highest BCUT2D eigenvalue weighted by Crippen LogP contribution is 2.42. The van der Waals surface area contributed by atoms with Gasteiger partial charge >= 0.3 is 0 Å². The molecule has 12 heteroatoms. The van der Waals surface area contributed by atoms with Crippen LogP contribution in [-0.4, -0.2) is 101 Å². The van der Waals surface area contributed by atoms with Gasteiger partial charge in [0.15, 0.2) is 11.5 Å². The van der Waals surface area contributed by atoms with Gasteiger partial charge in [-0.3, -0.25) is 4.98 Å². The van der Waals surface area contributed by atoms with Gasteiger partial charge in [0.1, 0.15) is 11.8 Å². The Kier molecular flexibility index (Phi) is 10.6. The van der Waals surface area contributed by atoms with Crippen molar-refractivity contribution in [3.05, 3.63) is 46.1 Å². The molecule has 1 N–H and O–H groups in total. The number of anilines is 2. The lowest BCUT2D eigenvalue weighted by Crippen LogP contribution is -2.51. The monoisotopic (exact) mass is 709 g/mol. The van der Waals surface area contributed by atoms with Gasteiger partial charge in [0.25, 0.3) is 0 Å². The Labute approximate surface area is 298 Å². The first-order valence-electron chi connectivity index (χ1n) is 17.4. The first kappa shape index (κ1) is 34.4. The molecular weight excluding hydrogens is 665 g/mol. The summed E-state index contributed by atoms with van der Waals surface area (Å²) in [7, 11) is 1.55. The third kappa shape index (κ3) is 7.68. The van der Waals surface area contributed by atoms with Gasteiger partial charge in [-0.15, -0.1) is 0 Å². The Bertz CT molecular complexity index is 1670. The minimum absolute atomic E-state index is 0.369. The molecule has 0 aliphatic carbocycles. The molecule has 0 radical (unpaired) electrons. The zero-order valence-electron chi connectivity index (χ0n) is 28.2. The van der Waals surface area contributed by atoms with E-state index in [0.717, 1.165) is 83.9 Å². The second-order valence-corrected chi connectivity index (χ2v) is 15.0. The first-order chi connectivity index (χ1) is 23.9. The number of halogens is 2. The number of likely N-dealkylation sites (tertiary alicyclic amines) is 2. The number of benzene rings is 2. The van der Waals surface area contributed by atoms with Gasteiger partial charge in [0, 0.05) is 47.6 Å². The Morgan fingerprint density at radius 1 is 0.816 bits per heavy atom. The number of ether oxygens (including phenoxy) is 5. The standard InChI is InChI=1S/C37H45Cl2N5O5/c1-45-32-19-31(28(38)17-29(32)39)42-35-26(20-40)21-41-30-18-34(49-15-3-9-44-12-6-37(7-13-44)24-47-25-37)33(16-27(30)35)48-14-2-8-43-10-4-36(5-11-43)22-46-23-36/h16-19,21H,2-15,22-25H2,1H3,(H,41,42). The number of piperidine rings is 2. The van der Waals surface area contributed by atoms with E-state index in [1.807, 2.05) is 12.1 Å². The molecule has 5 heterocycles. The molecule has 4 saturated heterocycles. The average molecular weight is 711 g/mol. The molecule has 2 aromatic carbocycles. The van der Waals surface area contributed by atoms with E-state index in [1.54, 1.807) is 25.4 Å². The third-order valence-electron chi connectivity index (χ3n) is 10.8. The van der Waals surface area contributed by atoms with Crippen LogP contribution in [0.2, 0.25) is 10.0 Å². The summed E-state index contributed by atoms with van der Waals surface area (Å²) in [4.78, 5) is 9.69. The topological polar surface area (TPSA) is 101 Å². The molecule has 0 amide bonds. The Morgan fingerprint density at radius 3 is 1.90 bits per heavy atom. The van der Waals surface area contributed by atoms with Crippen LogP contribution in [0.3, 0.4) is 0 Å². The zero-order chi connectivity index (χ0) is 33.8. The highest BCUT2D eigenvalue weighted by molar-refractivity contribution is 6.37. The van der Waals surface area contributed by atoms with Crippen molar-refractivity contribution < 1.29 is 23.7 Å². The lowest BCUT2D eigenvalue weighted by atomic mass is 9.77. The summed E-state index contributed by atoms with van der Waals surface area (Å²) in [6, 6.07) is 9.44. The van der Waals surface area contributed by atoms with E-state index in [2.05, 4.69) is 26.2 Å². The number of fused-ring (bicyclic) bond motifs is 1. The number of rotatable bonds is 13. The molecule has 0 unspecified atom stereocenters. The van der Waals surface area contributed by atoms with Crippen LogP contribution < -0.4 is 19.5 Å². The molecule has 4 aliphatic rings. The van der Waals surface area contributed by atoms with Crippen molar-refractivity contribution >= 4 is 45.5 Å². The van der Waals surface area contributed by atoms with Crippen LogP contribution >= 0.6 is 23.2 Å². The van der Waals surface area contributed by atoms with Crippen LogP contribution in [0.15, 0.2) is 30.5 Å². The van der Waals surface area contributed by atoms with Gasteiger partial charge in [-0.2, -0.15) is 5.26 Å². The Hall–Kier alpha value is -3.04. The number of methoxy groups -OCH3 is 1. The molecule has 10 nitrogen and oxygen atoms in total. The van der Waals surface area contributed by atoms with Crippen molar-refractivity contribution in [1.29, 1.82) is 5.26 Å². The fourth-order valence-electron chi connectivity index (χ4n) is 7.36. The van der Waals surface area contributed by atoms with Crippen molar-refractivity contribution in [1.82, 2.24) is 14.8 Å². The molecule has 4 fully saturated rings. The highest BCUT2D eigenvalue weighted by Gasteiger charge is 2.41. The third-order valence-corrected chi connectivity index (χ3v) is 11.4. The molecule has 1 aromatic heterocycles. The van der Waals surface area contributed by atoms with Crippen molar-refractivity contribution in [3.8, 4) is 23.3 Å². The summed E-state index contributed by atoms with van der Waals surface area (Å²) in [5.41, 5.74) is 3.02. The van der Waals surface area contributed by atoms with Crippen LogP contribution in [0.4, 0.5) is 11.4 Å². The molecule has 4 aliphatic heterocycles. The Morgan fingerprint density at radius 2 is 1.39 bits per heavy atom. The van der Waals surface area contributed by atoms with Gasteiger partial charge in [-0.1, -0.05) is 23.2 Å². The van der Waals surface area contributed by atoms with Crippen molar-refractivity contribution in [2.45, 2.75) is 38.5 Å². The number of nitriles is 1. The SMILES string of the molecule is COc1cc(Nc2c(C#N)cnc3cc(OCCCN4CCC5(CC4)COC5)c(OCCCN4CCC5(CC4)COC5)cc23)c(Cl)cc1Cl. The summed E-state index contributed by atoms with van der Waals surface area (Å²) in [6.45, 7) is 11.2. The molecular formula is C37H45Cl2N5O5. The van der Waals surface area contributed by atoms with E-state index >= 15 is 0 Å². The molecule has 262 valence electrons. The van der Waals surface area contributed by atoms with Gasteiger partial charge in [0.05, 0.1) is 79.3 Å². The second-order valence-electron chi connectivity index (χ2n) is 14.1. The summed E-state index contributed by atoms with van der Waals surface area (Å²) >= 11 is 12.9. The van der Waals surface area contributed by atoms with Crippen LogP contribution in [0.5, 0.6) is 17.2 Å². The first-order valence-corrected chi connectivity index (χ1v) is 18.2. The number of hydrogen-bond acceptors (Lipinski definition) is 10. The van der Waals surface area contributed by atoms with Crippen molar-refractivity contribution in [3.63, 3.8) is 0 Å². The molecule has 0 saturated carbocycles. The fourth-order valence-corrected chi connectivity index (χ4v) is 7.87. The van der Waals surface area contributed by atoms with Gasteiger partial charge in [-0.25, -0.2) is 0 Å². The molecule has 2 spiro atoms. The largest absolute Gasteiger partial charge is 0.495 e. The number of aromatic nitrogens is 1. The molecule has 0 atom stereocenters. The van der Waals surface area contributed by atoms with E-state index in [9.17, 15) is 5.26 Å². The summed E-state index contributed by atoms with van der Waals surface area (Å²) in [6.07, 6.45) is 8.20. The van der Waals surface area contributed by atoms with Crippen LogP contribution in [0.1, 0.15) is 44.1 Å². The fraction of sp³-hybridized carbons (Fsp3) is 0.568. The maximum Gasteiger partial charge on any atom is 0.163 e. The average Bonchev–Trinajstić information content (AvgIpc) is 3.09. The number of nitrogens with one attached hydrogen (secondary N) is 1. The van der Waals surface area contributed by atoms with Gasteiger partial charge in [-0.05, 0) is 76.8 Å². The smallest absolute Gasteiger partial charge is 0.163 e. The summed E-state index contributed by atoms with van der Waals surface area (Å²) in [5, 5.41) is 14.9. The summed E-state index contributed by atoms with van der Waals surface area (Å²) in [5.74, 6) is 1.74. The highest BCUT2D eigenvalue weighted by atomic mass is 35.5. The van der Waals surface area contributed by atoms with E-state index < -0.39 is 0 Å². The van der Waals surface area contributed by atoms with Gasteiger partial charge in [0.2, 0.25) is 0 Å². The second kappa shape index (κ2) is 15.1. The lowest BCUT2D eigenvalue weighted by molar-refractivity contribution is -0.139. The number of hydrogen-bond donors (Lipinski definition) is 1. The molecule has 0 bridgehead atoms. The minimum Gasteiger partial charge on any atom is -0.495 e. The predicted octanol–water partition coefficient (Wildman–Crippen LogP) is 6.93. The number of nitrogens with zero attached hydrogens (tertiary/aromatic N) is 4. The summed E-state index contributed by atoms with van der Waals surface area (Å²) < 4.78 is 29.3. The van der Waals surface area contributed by atoms with Crippen molar-refractivity contribution in [2.24, 2.45) is 10.8 Å². The molecule has 49 heavy (non-hydrogen) atoms. The minimum atomic E-state index is 0.369. The maximum atomic E-state index is 10.1. The van der Waals surface area contributed by atoms with E-state index in [0.29, 0.717) is 73.8 Å². The maximum absolute atomic E-state index is 10.1. The van der Waals surface area contributed by atoms with Crippen molar-refractivity contribution in [2.75, 3.05) is 91.3 Å². The quantitative estimate of drug-likeness (QED) is 0.188.